The first kappa shape index (κ1) is 20.6. The number of para-hydroxylation sites is 1. The maximum Gasteiger partial charge on any atom is 0.238 e. The Hall–Kier alpha value is -1.43. The number of benzene rings is 1. The molecule has 0 aromatic heterocycles. The first-order valence-electron chi connectivity index (χ1n) is 7.03. The van der Waals surface area contributed by atoms with Crippen molar-refractivity contribution >= 4 is 29.8 Å². The zero-order chi connectivity index (χ0) is 16.0. The van der Waals surface area contributed by atoms with Gasteiger partial charge in [0.25, 0.3) is 0 Å². The van der Waals surface area contributed by atoms with Crippen LogP contribution in [0, 0.1) is 5.41 Å². The molecule has 0 radical (unpaired) electrons. The number of carbonyl (C=O) groups is 2. The largest absolute Gasteiger partial charge is 0.330 e. The van der Waals surface area contributed by atoms with Gasteiger partial charge in [-0.25, -0.2) is 0 Å². The first-order valence-corrected chi connectivity index (χ1v) is 7.03. The van der Waals surface area contributed by atoms with Crippen LogP contribution in [0.15, 0.2) is 24.3 Å². The predicted octanol–water partition coefficient (Wildman–Crippen LogP) is 2.17. The highest BCUT2D eigenvalue weighted by atomic mass is 35.5. The molecule has 0 aliphatic rings. The van der Waals surface area contributed by atoms with Crippen LogP contribution in [0.3, 0.4) is 0 Å². The summed E-state index contributed by atoms with van der Waals surface area (Å²) in [6, 6.07) is 7.02. The zero-order valence-corrected chi connectivity index (χ0v) is 14.5. The highest BCUT2D eigenvalue weighted by Crippen LogP contribution is 2.16. The van der Waals surface area contributed by atoms with Gasteiger partial charge in [0, 0.05) is 12.1 Å². The van der Waals surface area contributed by atoms with Gasteiger partial charge in [-0.15, -0.1) is 12.4 Å². The van der Waals surface area contributed by atoms with E-state index < -0.39 is 0 Å². The van der Waals surface area contributed by atoms with Crippen LogP contribution < -0.4 is 11.1 Å². The van der Waals surface area contributed by atoms with E-state index in [0.29, 0.717) is 17.8 Å². The third kappa shape index (κ3) is 6.56. The van der Waals surface area contributed by atoms with Crippen molar-refractivity contribution in [3.05, 3.63) is 29.8 Å². The van der Waals surface area contributed by atoms with Crippen LogP contribution >= 0.6 is 12.4 Å². The Morgan fingerprint density at radius 1 is 1.27 bits per heavy atom. The van der Waals surface area contributed by atoms with Crippen LogP contribution in [-0.2, 0) is 4.79 Å². The summed E-state index contributed by atoms with van der Waals surface area (Å²) in [4.78, 5) is 25.5. The van der Waals surface area contributed by atoms with E-state index in [1.54, 1.807) is 24.3 Å². The van der Waals surface area contributed by atoms with E-state index in [-0.39, 0.29) is 36.1 Å². The first-order chi connectivity index (χ1) is 9.75. The topological polar surface area (TPSA) is 75.4 Å². The average Bonchev–Trinajstić information content (AvgIpc) is 2.38. The maximum absolute atomic E-state index is 12.1. The van der Waals surface area contributed by atoms with Gasteiger partial charge in [-0.3, -0.25) is 14.5 Å². The molecule has 1 aromatic rings. The Morgan fingerprint density at radius 3 is 2.41 bits per heavy atom. The molecular weight excluding hydrogens is 302 g/mol. The Kier molecular flexibility index (Phi) is 8.30. The number of nitrogens with zero attached hydrogens (tertiary/aromatic N) is 1. The number of rotatable bonds is 7. The summed E-state index contributed by atoms with van der Waals surface area (Å²) in [6.45, 7) is 7.16. The highest BCUT2D eigenvalue weighted by molar-refractivity contribution is 6.04. The number of Topliss-reactive ketones (excluding diaryl/α,β-unsaturated/α-hetero) is 1. The summed E-state index contributed by atoms with van der Waals surface area (Å²) in [7, 11) is 1.88. The van der Waals surface area contributed by atoms with Crippen LogP contribution in [0.5, 0.6) is 0 Å². The van der Waals surface area contributed by atoms with Gasteiger partial charge in [0.05, 0.1) is 12.2 Å². The molecule has 0 fully saturated rings. The maximum atomic E-state index is 12.1. The highest BCUT2D eigenvalue weighted by Gasteiger charge is 2.19. The fraction of sp³-hybridized carbons (Fsp3) is 0.500. The second kappa shape index (κ2) is 8.88. The third-order valence-electron chi connectivity index (χ3n) is 3.24. The standard InChI is InChI=1S/C16H25N3O2.ClH/c1-12(20)13-7-5-6-8-14(13)18-15(21)9-19(4)11-16(2,3)10-17;/h5-8H,9-11,17H2,1-4H3,(H,18,21);1H. The van der Waals surface area contributed by atoms with E-state index in [0.717, 1.165) is 6.54 Å². The Morgan fingerprint density at radius 2 is 1.86 bits per heavy atom. The minimum atomic E-state index is -0.140. The molecule has 1 aromatic carbocycles. The molecule has 0 aliphatic heterocycles. The quantitative estimate of drug-likeness (QED) is 0.753. The zero-order valence-electron chi connectivity index (χ0n) is 13.7. The SMILES string of the molecule is CC(=O)c1ccccc1NC(=O)CN(C)CC(C)(C)CN.Cl. The van der Waals surface area contributed by atoms with Gasteiger partial charge in [0.15, 0.2) is 5.78 Å². The summed E-state index contributed by atoms with van der Waals surface area (Å²) in [5, 5.41) is 2.79. The molecule has 0 heterocycles. The molecule has 3 N–H and O–H groups in total. The van der Waals surface area contributed by atoms with Crippen molar-refractivity contribution in [3.63, 3.8) is 0 Å². The summed E-state index contributed by atoms with van der Waals surface area (Å²) >= 11 is 0. The molecule has 6 heteroatoms. The van der Waals surface area contributed by atoms with Gasteiger partial charge >= 0.3 is 0 Å². The number of carbonyl (C=O) groups excluding carboxylic acids is 2. The van der Waals surface area contributed by atoms with Crippen molar-refractivity contribution in [2.75, 3.05) is 32.0 Å². The predicted molar refractivity (Wildman–Crippen MR) is 92.7 cm³/mol. The molecule has 1 amide bonds. The summed E-state index contributed by atoms with van der Waals surface area (Å²) < 4.78 is 0. The van der Waals surface area contributed by atoms with Crippen molar-refractivity contribution in [1.82, 2.24) is 4.90 Å². The lowest BCUT2D eigenvalue weighted by Gasteiger charge is -2.28. The lowest BCUT2D eigenvalue weighted by atomic mass is 9.93. The number of ketones is 1. The minimum absolute atomic E-state index is 0. The molecule has 0 spiro atoms. The summed E-state index contributed by atoms with van der Waals surface area (Å²) in [6.07, 6.45) is 0. The Bertz CT molecular complexity index is 518. The number of amides is 1. The second-order valence-electron chi connectivity index (χ2n) is 6.19. The van der Waals surface area contributed by atoms with Crippen molar-refractivity contribution in [2.45, 2.75) is 20.8 Å². The van der Waals surface area contributed by atoms with Gasteiger partial charge in [-0.2, -0.15) is 0 Å². The van der Waals surface area contributed by atoms with Crippen LogP contribution in [-0.4, -0.2) is 43.3 Å². The molecule has 0 aliphatic carbocycles. The molecule has 0 saturated carbocycles. The number of anilines is 1. The number of nitrogens with one attached hydrogen (secondary N) is 1. The van der Waals surface area contributed by atoms with Crippen LogP contribution in [0.4, 0.5) is 5.69 Å². The van der Waals surface area contributed by atoms with E-state index >= 15 is 0 Å². The Balaban J connectivity index is 0.00000441. The minimum Gasteiger partial charge on any atom is -0.330 e. The average molecular weight is 328 g/mol. The van der Waals surface area contributed by atoms with Gasteiger partial charge in [0.1, 0.15) is 0 Å². The molecule has 22 heavy (non-hydrogen) atoms. The molecule has 0 atom stereocenters. The summed E-state index contributed by atoms with van der Waals surface area (Å²) in [5.41, 5.74) is 6.74. The molecule has 5 nitrogen and oxygen atoms in total. The van der Waals surface area contributed by atoms with Gasteiger partial charge in [-0.05, 0) is 38.1 Å². The lowest BCUT2D eigenvalue weighted by Crippen LogP contribution is -2.40. The fourth-order valence-electron chi connectivity index (χ4n) is 2.19. The monoisotopic (exact) mass is 327 g/mol. The van der Waals surface area contributed by atoms with Crippen molar-refractivity contribution in [3.8, 4) is 0 Å². The molecule has 0 bridgehead atoms. The van der Waals surface area contributed by atoms with E-state index in [1.807, 2.05) is 11.9 Å². The lowest BCUT2D eigenvalue weighted by molar-refractivity contribution is -0.117. The van der Waals surface area contributed by atoms with Gasteiger partial charge in [0.2, 0.25) is 5.91 Å². The van der Waals surface area contributed by atoms with Gasteiger partial charge < -0.3 is 11.1 Å². The molecule has 0 saturated heterocycles. The van der Waals surface area contributed by atoms with Crippen LogP contribution in [0.2, 0.25) is 0 Å². The fourth-order valence-corrected chi connectivity index (χ4v) is 2.19. The van der Waals surface area contributed by atoms with Crippen LogP contribution in [0.25, 0.3) is 0 Å². The molecular formula is C16H26ClN3O2. The summed E-state index contributed by atoms with van der Waals surface area (Å²) in [5.74, 6) is -0.206. The Labute approximate surface area is 138 Å². The number of hydrogen-bond acceptors (Lipinski definition) is 4. The van der Waals surface area contributed by atoms with E-state index in [4.69, 9.17) is 5.73 Å². The molecule has 1 rings (SSSR count). The molecule has 0 unspecified atom stereocenters. The van der Waals surface area contributed by atoms with Crippen molar-refractivity contribution in [1.29, 1.82) is 0 Å². The van der Waals surface area contributed by atoms with E-state index in [1.165, 1.54) is 6.92 Å². The number of likely N-dealkylation sites (N-methyl/N-ethyl adjacent to an activating group) is 1. The van der Waals surface area contributed by atoms with Gasteiger partial charge in [-0.1, -0.05) is 26.0 Å². The van der Waals surface area contributed by atoms with Crippen LogP contribution in [0.1, 0.15) is 31.1 Å². The smallest absolute Gasteiger partial charge is 0.238 e. The van der Waals surface area contributed by atoms with Crippen molar-refractivity contribution < 1.29 is 9.59 Å². The molecule has 124 valence electrons. The number of hydrogen-bond donors (Lipinski definition) is 2. The normalized spacial score (nSPS) is 11.0. The number of nitrogens with two attached hydrogens (primary N) is 1. The second-order valence-corrected chi connectivity index (χ2v) is 6.19. The third-order valence-corrected chi connectivity index (χ3v) is 3.24. The van der Waals surface area contributed by atoms with E-state index in [2.05, 4.69) is 19.2 Å². The number of halogens is 1. The van der Waals surface area contributed by atoms with Crippen molar-refractivity contribution in [2.24, 2.45) is 11.1 Å². The van der Waals surface area contributed by atoms with E-state index in [9.17, 15) is 9.59 Å².